The molecule has 0 heterocycles. The summed E-state index contributed by atoms with van der Waals surface area (Å²) in [6.45, 7) is 5.29. The van der Waals surface area contributed by atoms with E-state index in [1.54, 1.807) is 0 Å². The van der Waals surface area contributed by atoms with Crippen LogP contribution in [0.15, 0.2) is 0 Å². The molecule has 2 fully saturated rings. The summed E-state index contributed by atoms with van der Waals surface area (Å²) < 4.78 is 0. The predicted molar refractivity (Wildman–Crippen MR) is 74.4 cm³/mol. The number of carbonyl (C=O) groups is 1. The SMILES string of the molecule is CCC1CCC(CNC(C)C(=O)NC2CC2)CC1. The fourth-order valence-corrected chi connectivity index (χ4v) is 2.83. The molecule has 1 atom stereocenters. The molecule has 0 aromatic carbocycles. The number of hydrogen-bond donors (Lipinski definition) is 2. The Morgan fingerprint density at radius 2 is 1.72 bits per heavy atom. The van der Waals surface area contributed by atoms with Gasteiger partial charge in [-0.1, -0.05) is 26.2 Å². The minimum atomic E-state index is -0.0329. The van der Waals surface area contributed by atoms with Gasteiger partial charge in [0.15, 0.2) is 0 Å². The minimum Gasteiger partial charge on any atom is -0.352 e. The second kappa shape index (κ2) is 6.55. The number of hydrogen-bond acceptors (Lipinski definition) is 2. The molecule has 3 nitrogen and oxygen atoms in total. The molecule has 0 aromatic rings. The molecular formula is C15H28N2O. The molecule has 0 bridgehead atoms. The molecule has 1 amide bonds. The molecule has 1 unspecified atom stereocenters. The van der Waals surface area contributed by atoms with E-state index in [0.29, 0.717) is 6.04 Å². The van der Waals surface area contributed by atoms with Gasteiger partial charge >= 0.3 is 0 Å². The Morgan fingerprint density at radius 3 is 2.28 bits per heavy atom. The van der Waals surface area contributed by atoms with Crippen molar-refractivity contribution in [1.82, 2.24) is 10.6 Å². The monoisotopic (exact) mass is 252 g/mol. The maximum Gasteiger partial charge on any atom is 0.237 e. The normalized spacial score (nSPS) is 29.9. The summed E-state index contributed by atoms with van der Waals surface area (Å²) in [4.78, 5) is 11.8. The van der Waals surface area contributed by atoms with E-state index in [9.17, 15) is 4.79 Å². The van der Waals surface area contributed by atoms with Crippen LogP contribution >= 0.6 is 0 Å². The van der Waals surface area contributed by atoms with Crippen LogP contribution in [0.4, 0.5) is 0 Å². The van der Waals surface area contributed by atoms with Gasteiger partial charge in [-0.15, -0.1) is 0 Å². The van der Waals surface area contributed by atoms with Crippen LogP contribution in [0.25, 0.3) is 0 Å². The highest BCUT2D eigenvalue weighted by atomic mass is 16.2. The molecule has 2 N–H and O–H groups in total. The van der Waals surface area contributed by atoms with Gasteiger partial charge in [0, 0.05) is 6.04 Å². The molecule has 18 heavy (non-hydrogen) atoms. The van der Waals surface area contributed by atoms with Gasteiger partial charge in [0.25, 0.3) is 0 Å². The number of amides is 1. The van der Waals surface area contributed by atoms with Crippen molar-refractivity contribution in [3.8, 4) is 0 Å². The van der Waals surface area contributed by atoms with Crippen molar-refractivity contribution in [2.45, 2.75) is 70.9 Å². The van der Waals surface area contributed by atoms with Crippen molar-refractivity contribution in [2.75, 3.05) is 6.54 Å². The lowest BCUT2D eigenvalue weighted by Gasteiger charge is -2.28. The smallest absolute Gasteiger partial charge is 0.237 e. The maximum atomic E-state index is 11.8. The van der Waals surface area contributed by atoms with E-state index >= 15 is 0 Å². The van der Waals surface area contributed by atoms with Crippen molar-refractivity contribution in [3.05, 3.63) is 0 Å². The van der Waals surface area contributed by atoms with Gasteiger partial charge in [0.05, 0.1) is 6.04 Å². The molecular weight excluding hydrogens is 224 g/mol. The third-order valence-corrected chi connectivity index (χ3v) is 4.57. The molecule has 0 aliphatic heterocycles. The van der Waals surface area contributed by atoms with Gasteiger partial charge in [0.2, 0.25) is 5.91 Å². The van der Waals surface area contributed by atoms with Gasteiger partial charge in [-0.05, 0) is 51.0 Å². The van der Waals surface area contributed by atoms with Crippen molar-refractivity contribution < 1.29 is 4.79 Å². The van der Waals surface area contributed by atoms with Crippen LogP contribution in [-0.2, 0) is 4.79 Å². The summed E-state index contributed by atoms with van der Waals surface area (Å²) in [5, 5.41) is 6.46. The van der Waals surface area contributed by atoms with Crippen LogP contribution < -0.4 is 10.6 Å². The predicted octanol–water partition coefficient (Wildman–Crippen LogP) is 2.46. The fourth-order valence-electron chi connectivity index (χ4n) is 2.83. The van der Waals surface area contributed by atoms with Gasteiger partial charge < -0.3 is 10.6 Å². The lowest BCUT2D eigenvalue weighted by atomic mass is 9.81. The molecule has 0 radical (unpaired) electrons. The average molecular weight is 252 g/mol. The second-order valence-corrected chi connectivity index (χ2v) is 6.21. The molecule has 2 aliphatic rings. The Balaban J connectivity index is 1.60. The summed E-state index contributed by atoms with van der Waals surface area (Å²) in [5.74, 6) is 1.92. The lowest BCUT2D eigenvalue weighted by Crippen LogP contribution is -2.44. The van der Waals surface area contributed by atoms with Crippen LogP contribution in [0.3, 0.4) is 0 Å². The fraction of sp³-hybridized carbons (Fsp3) is 0.933. The average Bonchev–Trinajstić information content (AvgIpc) is 3.20. The molecule has 2 aliphatic carbocycles. The van der Waals surface area contributed by atoms with Gasteiger partial charge in [-0.25, -0.2) is 0 Å². The topological polar surface area (TPSA) is 41.1 Å². The van der Waals surface area contributed by atoms with Crippen molar-refractivity contribution in [1.29, 1.82) is 0 Å². The van der Waals surface area contributed by atoms with E-state index in [0.717, 1.165) is 18.4 Å². The molecule has 0 spiro atoms. The zero-order valence-electron chi connectivity index (χ0n) is 11.9. The van der Waals surface area contributed by atoms with E-state index in [4.69, 9.17) is 0 Å². The highest BCUT2D eigenvalue weighted by Crippen LogP contribution is 2.30. The Hall–Kier alpha value is -0.570. The molecule has 104 valence electrons. The lowest BCUT2D eigenvalue weighted by molar-refractivity contribution is -0.122. The van der Waals surface area contributed by atoms with Gasteiger partial charge in [-0.2, -0.15) is 0 Å². The molecule has 0 saturated heterocycles. The summed E-state index contributed by atoms with van der Waals surface area (Å²) in [6.07, 6.45) is 9.10. The van der Waals surface area contributed by atoms with E-state index in [1.807, 2.05) is 6.92 Å². The van der Waals surface area contributed by atoms with E-state index in [2.05, 4.69) is 17.6 Å². The van der Waals surface area contributed by atoms with Crippen LogP contribution in [-0.4, -0.2) is 24.5 Å². The minimum absolute atomic E-state index is 0.0329. The largest absolute Gasteiger partial charge is 0.352 e. The quantitative estimate of drug-likeness (QED) is 0.762. The van der Waals surface area contributed by atoms with Gasteiger partial charge in [0.1, 0.15) is 0 Å². The van der Waals surface area contributed by atoms with E-state index in [1.165, 1.54) is 44.9 Å². The van der Waals surface area contributed by atoms with Crippen LogP contribution in [0.5, 0.6) is 0 Å². The maximum absolute atomic E-state index is 11.8. The van der Waals surface area contributed by atoms with Crippen molar-refractivity contribution >= 4 is 5.91 Å². The number of carbonyl (C=O) groups excluding carboxylic acids is 1. The standard InChI is InChI=1S/C15H28N2O/c1-3-12-4-6-13(7-5-12)10-16-11(2)15(18)17-14-8-9-14/h11-14,16H,3-10H2,1-2H3,(H,17,18). The Morgan fingerprint density at radius 1 is 1.11 bits per heavy atom. The number of rotatable bonds is 6. The van der Waals surface area contributed by atoms with Gasteiger partial charge in [-0.3, -0.25) is 4.79 Å². The summed E-state index contributed by atoms with van der Waals surface area (Å²) in [6, 6.07) is 0.441. The zero-order valence-corrected chi connectivity index (χ0v) is 11.9. The summed E-state index contributed by atoms with van der Waals surface area (Å²) in [7, 11) is 0. The third-order valence-electron chi connectivity index (χ3n) is 4.57. The zero-order chi connectivity index (χ0) is 13.0. The Labute approximate surface area is 111 Å². The molecule has 2 saturated carbocycles. The third kappa shape index (κ3) is 4.27. The second-order valence-electron chi connectivity index (χ2n) is 6.21. The highest BCUT2D eigenvalue weighted by molar-refractivity contribution is 5.81. The van der Waals surface area contributed by atoms with Crippen molar-refractivity contribution in [2.24, 2.45) is 11.8 Å². The molecule has 0 aromatic heterocycles. The first-order valence-electron chi connectivity index (χ1n) is 7.72. The summed E-state index contributed by atoms with van der Waals surface area (Å²) >= 11 is 0. The first-order valence-corrected chi connectivity index (χ1v) is 7.72. The van der Waals surface area contributed by atoms with E-state index in [-0.39, 0.29) is 11.9 Å². The van der Waals surface area contributed by atoms with Crippen LogP contribution in [0.1, 0.15) is 58.8 Å². The Kier molecular flexibility index (Phi) is 5.04. The van der Waals surface area contributed by atoms with Crippen molar-refractivity contribution in [3.63, 3.8) is 0 Å². The Bertz CT molecular complexity index is 268. The number of nitrogens with one attached hydrogen (secondary N) is 2. The molecule has 3 heteroatoms. The highest BCUT2D eigenvalue weighted by Gasteiger charge is 2.26. The van der Waals surface area contributed by atoms with Crippen LogP contribution in [0, 0.1) is 11.8 Å². The first kappa shape index (κ1) is 13.9. The van der Waals surface area contributed by atoms with E-state index < -0.39 is 0 Å². The molecule has 2 rings (SSSR count). The first-order chi connectivity index (χ1) is 8.69. The summed E-state index contributed by atoms with van der Waals surface area (Å²) in [5.41, 5.74) is 0. The van der Waals surface area contributed by atoms with Crippen LogP contribution in [0.2, 0.25) is 0 Å².